The second kappa shape index (κ2) is 8.19. The molecule has 3 rings (SSSR count). The Morgan fingerprint density at radius 2 is 2.09 bits per heavy atom. The van der Waals surface area contributed by atoms with Gasteiger partial charge in [-0.2, -0.15) is 0 Å². The lowest BCUT2D eigenvalue weighted by Gasteiger charge is -2.30. The summed E-state index contributed by atoms with van der Waals surface area (Å²) >= 11 is 1.44. The summed E-state index contributed by atoms with van der Waals surface area (Å²) in [5, 5.41) is 4.92. The number of carbonyl (C=O) groups excluding carboxylic acids is 1. The highest BCUT2D eigenvalue weighted by Gasteiger charge is 2.20. The third kappa shape index (κ3) is 4.86. The predicted octanol–water partition coefficient (Wildman–Crippen LogP) is 1.82. The van der Waals surface area contributed by atoms with E-state index in [-0.39, 0.29) is 11.9 Å². The molecule has 0 radical (unpaired) electrons. The highest BCUT2D eigenvalue weighted by atomic mass is 32.1. The van der Waals surface area contributed by atoms with Crippen LogP contribution in [0.1, 0.15) is 16.1 Å². The molecule has 1 saturated heterocycles. The number of hydrogen-bond donors (Lipinski definition) is 1. The standard InChI is InChI=1S/C17H21N3O2S/c21-17(16-12-23-13-18-16)19-15(10-14-4-2-1-3-5-14)11-20-6-8-22-9-7-20/h1-5,12-13,15H,6-11H2,(H,19,21)/t15-/m0/s1. The van der Waals surface area contributed by atoms with Crippen LogP contribution in [0.3, 0.4) is 0 Å². The molecule has 6 heteroatoms. The normalized spacial score (nSPS) is 16.9. The molecular weight excluding hydrogens is 310 g/mol. The molecule has 0 bridgehead atoms. The number of nitrogens with one attached hydrogen (secondary N) is 1. The van der Waals surface area contributed by atoms with Crippen LogP contribution in [0.4, 0.5) is 0 Å². The Morgan fingerprint density at radius 1 is 1.30 bits per heavy atom. The number of benzene rings is 1. The molecule has 1 fully saturated rings. The molecule has 5 nitrogen and oxygen atoms in total. The van der Waals surface area contributed by atoms with Gasteiger partial charge in [0.25, 0.3) is 5.91 Å². The van der Waals surface area contributed by atoms with Gasteiger partial charge in [-0.25, -0.2) is 4.98 Å². The molecule has 0 saturated carbocycles. The van der Waals surface area contributed by atoms with Gasteiger partial charge < -0.3 is 10.1 Å². The fourth-order valence-electron chi connectivity index (χ4n) is 2.74. The monoisotopic (exact) mass is 331 g/mol. The van der Waals surface area contributed by atoms with Gasteiger partial charge in [0.2, 0.25) is 0 Å². The van der Waals surface area contributed by atoms with E-state index in [0.717, 1.165) is 39.3 Å². The zero-order chi connectivity index (χ0) is 15.9. The van der Waals surface area contributed by atoms with Gasteiger partial charge in [0.15, 0.2) is 0 Å². The third-order valence-electron chi connectivity index (χ3n) is 3.91. The lowest BCUT2D eigenvalue weighted by atomic mass is 10.0. The quantitative estimate of drug-likeness (QED) is 0.877. The van der Waals surface area contributed by atoms with Gasteiger partial charge >= 0.3 is 0 Å². The second-order valence-corrected chi connectivity index (χ2v) is 6.37. The van der Waals surface area contributed by atoms with Gasteiger partial charge in [0, 0.05) is 31.1 Å². The Morgan fingerprint density at radius 3 is 2.78 bits per heavy atom. The Hall–Kier alpha value is -1.76. The van der Waals surface area contributed by atoms with E-state index in [1.54, 1.807) is 10.9 Å². The van der Waals surface area contributed by atoms with E-state index in [9.17, 15) is 4.79 Å². The van der Waals surface area contributed by atoms with Crippen molar-refractivity contribution in [2.24, 2.45) is 0 Å². The third-order valence-corrected chi connectivity index (χ3v) is 4.49. The Kier molecular flexibility index (Phi) is 5.74. The summed E-state index contributed by atoms with van der Waals surface area (Å²) in [5.74, 6) is -0.0968. The average Bonchev–Trinajstić information content (AvgIpc) is 3.11. The summed E-state index contributed by atoms with van der Waals surface area (Å²) in [6, 6.07) is 10.3. The average molecular weight is 331 g/mol. The van der Waals surface area contributed by atoms with Gasteiger partial charge in [-0.3, -0.25) is 9.69 Å². The minimum Gasteiger partial charge on any atom is -0.379 e. The number of aromatic nitrogens is 1. The van der Waals surface area contributed by atoms with Crippen LogP contribution in [0.25, 0.3) is 0 Å². The molecule has 0 spiro atoms. The van der Waals surface area contributed by atoms with E-state index in [2.05, 4.69) is 27.3 Å². The Labute approximate surface area is 140 Å². The molecule has 23 heavy (non-hydrogen) atoms. The van der Waals surface area contributed by atoms with E-state index < -0.39 is 0 Å². The van der Waals surface area contributed by atoms with Crippen molar-refractivity contribution in [1.82, 2.24) is 15.2 Å². The van der Waals surface area contributed by atoms with Crippen LogP contribution >= 0.6 is 11.3 Å². The summed E-state index contributed by atoms with van der Waals surface area (Å²) in [6.07, 6.45) is 0.814. The summed E-state index contributed by atoms with van der Waals surface area (Å²) in [5.41, 5.74) is 3.41. The fraction of sp³-hybridized carbons (Fsp3) is 0.412. The largest absolute Gasteiger partial charge is 0.379 e. The first-order chi connectivity index (χ1) is 11.3. The maximum atomic E-state index is 12.3. The van der Waals surface area contributed by atoms with Gasteiger partial charge in [0.1, 0.15) is 5.69 Å². The number of amides is 1. The van der Waals surface area contributed by atoms with Gasteiger partial charge in [-0.15, -0.1) is 11.3 Å². The SMILES string of the molecule is O=C(N[C@@H](Cc1ccccc1)CN1CCOCC1)c1cscn1. The van der Waals surface area contributed by atoms with Crippen molar-refractivity contribution < 1.29 is 9.53 Å². The Balaban J connectivity index is 1.65. The lowest BCUT2D eigenvalue weighted by molar-refractivity contribution is 0.0333. The topological polar surface area (TPSA) is 54.5 Å². The van der Waals surface area contributed by atoms with E-state index in [4.69, 9.17) is 4.74 Å². The minimum atomic E-state index is -0.0968. The molecule has 1 aromatic carbocycles. The molecule has 1 atom stereocenters. The molecule has 1 aliphatic heterocycles. The molecule has 0 aliphatic carbocycles. The molecule has 2 heterocycles. The molecule has 122 valence electrons. The van der Waals surface area contributed by atoms with Crippen molar-refractivity contribution in [1.29, 1.82) is 0 Å². The first-order valence-corrected chi connectivity index (χ1v) is 8.78. The zero-order valence-corrected chi connectivity index (χ0v) is 13.8. The van der Waals surface area contributed by atoms with E-state index in [0.29, 0.717) is 5.69 Å². The number of rotatable bonds is 6. The first-order valence-electron chi connectivity index (χ1n) is 7.84. The molecule has 1 N–H and O–H groups in total. The smallest absolute Gasteiger partial charge is 0.271 e. The Bertz CT molecular complexity index is 598. The molecule has 0 unspecified atom stereocenters. The van der Waals surface area contributed by atoms with Crippen LogP contribution in [0, 0.1) is 0 Å². The van der Waals surface area contributed by atoms with Gasteiger partial charge in [0.05, 0.1) is 18.7 Å². The van der Waals surface area contributed by atoms with E-state index in [1.165, 1.54) is 16.9 Å². The van der Waals surface area contributed by atoms with Crippen molar-refractivity contribution in [3.63, 3.8) is 0 Å². The highest BCUT2D eigenvalue weighted by molar-refractivity contribution is 7.07. The van der Waals surface area contributed by atoms with Crippen LogP contribution in [-0.2, 0) is 11.2 Å². The molecule has 1 aromatic heterocycles. The summed E-state index contributed by atoms with van der Waals surface area (Å²) < 4.78 is 5.40. The van der Waals surface area contributed by atoms with Crippen LogP contribution in [0.2, 0.25) is 0 Å². The summed E-state index contributed by atoms with van der Waals surface area (Å²) in [6.45, 7) is 4.18. The zero-order valence-electron chi connectivity index (χ0n) is 13.0. The molecular formula is C17H21N3O2S. The molecule has 1 aliphatic rings. The minimum absolute atomic E-state index is 0.0599. The van der Waals surface area contributed by atoms with Crippen molar-refractivity contribution in [3.05, 3.63) is 52.5 Å². The number of hydrogen-bond acceptors (Lipinski definition) is 5. The highest BCUT2D eigenvalue weighted by Crippen LogP contribution is 2.08. The maximum absolute atomic E-state index is 12.3. The summed E-state index contributed by atoms with van der Waals surface area (Å²) in [4.78, 5) is 18.8. The van der Waals surface area contributed by atoms with Crippen LogP contribution in [0.5, 0.6) is 0 Å². The number of carbonyl (C=O) groups is 1. The van der Waals surface area contributed by atoms with Crippen molar-refractivity contribution >= 4 is 17.2 Å². The number of morpholine rings is 1. The number of thiazole rings is 1. The van der Waals surface area contributed by atoms with Crippen molar-refractivity contribution in [3.8, 4) is 0 Å². The molecule has 2 aromatic rings. The molecule has 1 amide bonds. The fourth-order valence-corrected chi connectivity index (χ4v) is 3.27. The predicted molar refractivity (Wildman–Crippen MR) is 90.8 cm³/mol. The van der Waals surface area contributed by atoms with E-state index in [1.807, 2.05) is 18.2 Å². The first kappa shape index (κ1) is 16.1. The summed E-state index contributed by atoms with van der Waals surface area (Å²) in [7, 11) is 0. The number of ether oxygens (including phenoxy) is 1. The van der Waals surface area contributed by atoms with Crippen LogP contribution < -0.4 is 5.32 Å². The van der Waals surface area contributed by atoms with Crippen molar-refractivity contribution in [2.75, 3.05) is 32.8 Å². The number of nitrogens with zero attached hydrogens (tertiary/aromatic N) is 2. The van der Waals surface area contributed by atoms with Gasteiger partial charge in [-0.05, 0) is 12.0 Å². The van der Waals surface area contributed by atoms with E-state index >= 15 is 0 Å². The van der Waals surface area contributed by atoms with Gasteiger partial charge in [-0.1, -0.05) is 30.3 Å². The van der Waals surface area contributed by atoms with Crippen LogP contribution in [-0.4, -0.2) is 54.7 Å². The van der Waals surface area contributed by atoms with Crippen molar-refractivity contribution in [2.45, 2.75) is 12.5 Å². The lowest BCUT2D eigenvalue weighted by Crippen LogP contribution is -2.48. The maximum Gasteiger partial charge on any atom is 0.271 e. The van der Waals surface area contributed by atoms with Crippen LogP contribution in [0.15, 0.2) is 41.2 Å². The second-order valence-electron chi connectivity index (χ2n) is 5.65.